The van der Waals surface area contributed by atoms with Crippen molar-refractivity contribution in [2.24, 2.45) is 0 Å². The highest BCUT2D eigenvalue weighted by Gasteiger charge is 2.13. The molecule has 2 N–H and O–H groups in total. The average Bonchev–Trinajstić information content (AvgIpc) is 2.76. The third kappa shape index (κ3) is 5.57. The summed E-state index contributed by atoms with van der Waals surface area (Å²) in [7, 11) is -3.65. The quantitative estimate of drug-likeness (QED) is 0.564. The molecule has 1 unspecified atom stereocenters. The predicted octanol–water partition coefficient (Wildman–Crippen LogP) is 4.20. The number of anilines is 1. The molecule has 0 spiro atoms. The van der Waals surface area contributed by atoms with Gasteiger partial charge >= 0.3 is 0 Å². The Bertz CT molecular complexity index is 1080. The van der Waals surface area contributed by atoms with Crippen molar-refractivity contribution in [3.05, 3.63) is 78.5 Å². The van der Waals surface area contributed by atoms with Crippen LogP contribution < -0.4 is 14.8 Å². The van der Waals surface area contributed by atoms with Crippen LogP contribution in [-0.4, -0.2) is 25.4 Å². The van der Waals surface area contributed by atoms with E-state index < -0.39 is 10.0 Å². The first-order valence-corrected chi connectivity index (χ1v) is 11.0. The summed E-state index contributed by atoms with van der Waals surface area (Å²) < 4.78 is 32.9. The first-order chi connectivity index (χ1) is 14.4. The van der Waals surface area contributed by atoms with Gasteiger partial charge in [-0.25, -0.2) is 13.4 Å². The summed E-state index contributed by atoms with van der Waals surface area (Å²) in [5.74, 6) is 0.633. The standard InChI is InChI=1S/C22H23N3O4S/c1-3-16(2)24-22(26)17-9-14-21(23-15-17)29-19-12-10-18(11-13-19)25-30(27,28)20-7-5-4-6-8-20/h4-16,25H,3H2,1-2H3,(H,24,26). The van der Waals surface area contributed by atoms with Crippen LogP contribution in [0.1, 0.15) is 30.6 Å². The Labute approximate surface area is 176 Å². The van der Waals surface area contributed by atoms with E-state index in [1.54, 1.807) is 54.6 Å². The predicted molar refractivity (Wildman–Crippen MR) is 115 cm³/mol. The summed E-state index contributed by atoms with van der Waals surface area (Å²) in [6, 6.07) is 17.9. The van der Waals surface area contributed by atoms with E-state index in [9.17, 15) is 13.2 Å². The van der Waals surface area contributed by atoms with Gasteiger partial charge in [0.25, 0.3) is 15.9 Å². The van der Waals surface area contributed by atoms with E-state index >= 15 is 0 Å². The number of carbonyl (C=O) groups excluding carboxylic acids is 1. The van der Waals surface area contributed by atoms with Crippen molar-refractivity contribution in [3.63, 3.8) is 0 Å². The van der Waals surface area contributed by atoms with Crippen molar-refractivity contribution in [1.82, 2.24) is 10.3 Å². The van der Waals surface area contributed by atoms with E-state index in [1.807, 2.05) is 13.8 Å². The van der Waals surface area contributed by atoms with Crippen molar-refractivity contribution in [1.29, 1.82) is 0 Å². The summed E-state index contributed by atoms with van der Waals surface area (Å²) >= 11 is 0. The summed E-state index contributed by atoms with van der Waals surface area (Å²) in [6.45, 7) is 3.93. The van der Waals surface area contributed by atoms with E-state index in [0.29, 0.717) is 22.9 Å². The topological polar surface area (TPSA) is 97.4 Å². The molecule has 1 atom stereocenters. The second kappa shape index (κ2) is 9.41. The van der Waals surface area contributed by atoms with E-state index in [1.165, 1.54) is 18.3 Å². The Balaban J connectivity index is 1.62. The Hall–Kier alpha value is -3.39. The fraction of sp³-hybridized carbons (Fsp3) is 0.182. The minimum absolute atomic E-state index is 0.0891. The summed E-state index contributed by atoms with van der Waals surface area (Å²) in [5.41, 5.74) is 0.865. The first-order valence-electron chi connectivity index (χ1n) is 9.50. The van der Waals surface area contributed by atoms with Gasteiger partial charge in [-0.3, -0.25) is 9.52 Å². The average molecular weight is 426 g/mol. The minimum atomic E-state index is -3.65. The summed E-state index contributed by atoms with van der Waals surface area (Å²) in [4.78, 5) is 16.4. The largest absolute Gasteiger partial charge is 0.439 e. The molecule has 1 aromatic heterocycles. The highest BCUT2D eigenvalue weighted by molar-refractivity contribution is 7.92. The van der Waals surface area contributed by atoms with Crippen LogP contribution in [0.4, 0.5) is 5.69 Å². The zero-order chi connectivity index (χ0) is 21.6. The molecule has 7 nitrogen and oxygen atoms in total. The number of benzene rings is 2. The molecule has 2 aromatic carbocycles. The molecule has 1 amide bonds. The fourth-order valence-corrected chi connectivity index (χ4v) is 3.59. The molecule has 30 heavy (non-hydrogen) atoms. The molecule has 0 fully saturated rings. The fourth-order valence-electron chi connectivity index (χ4n) is 2.51. The van der Waals surface area contributed by atoms with Gasteiger partial charge in [-0.1, -0.05) is 25.1 Å². The molecular weight excluding hydrogens is 402 g/mol. The SMILES string of the molecule is CCC(C)NC(=O)c1ccc(Oc2ccc(NS(=O)(=O)c3ccccc3)cc2)nc1. The number of amides is 1. The Morgan fingerprint density at radius 2 is 1.73 bits per heavy atom. The molecule has 8 heteroatoms. The molecule has 0 aliphatic heterocycles. The van der Waals surface area contributed by atoms with Gasteiger partial charge in [0.2, 0.25) is 5.88 Å². The van der Waals surface area contributed by atoms with Gasteiger partial charge in [-0.05, 0) is 55.8 Å². The number of aromatic nitrogens is 1. The van der Waals surface area contributed by atoms with Gasteiger partial charge in [-0.2, -0.15) is 0 Å². The van der Waals surface area contributed by atoms with Crippen LogP contribution in [0.25, 0.3) is 0 Å². The molecular formula is C22H23N3O4S. The van der Waals surface area contributed by atoms with Crippen molar-refractivity contribution in [2.45, 2.75) is 31.2 Å². The molecule has 3 aromatic rings. The van der Waals surface area contributed by atoms with Gasteiger partial charge in [0.1, 0.15) is 5.75 Å². The molecule has 0 radical (unpaired) electrons. The molecule has 0 saturated carbocycles. The van der Waals surface area contributed by atoms with Gasteiger partial charge in [0.05, 0.1) is 10.5 Å². The van der Waals surface area contributed by atoms with Crippen molar-refractivity contribution in [3.8, 4) is 11.6 Å². The van der Waals surface area contributed by atoms with Crippen LogP contribution >= 0.6 is 0 Å². The van der Waals surface area contributed by atoms with Crippen molar-refractivity contribution >= 4 is 21.6 Å². The molecule has 0 aliphatic carbocycles. The summed E-state index contributed by atoms with van der Waals surface area (Å²) in [5, 5.41) is 2.88. The maximum Gasteiger partial charge on any atom is 0.261 e. The number of pyridine rings is 1. The van der Waals surface area contributed by atoms with Crippen LogP contribution in [0.3, 0.4) is 0 Å². The lowest BCUT2D eigenvalue weighted by molar-refractivity contribution is 0.0939. The zero-order valence-corrected chi connectivity index (χ0v) is 17.5. The number of nitrogens with zero attached hydrogens (tertiary/aromatic N) is 1. The highest BCUT2D eigenvalue weighted by Crippen LogP contribution is 2.23. The molecule has 0 saturated heterocycles. The van der Waals surface area contributed by atoms with Crippen LogP contribution in [0.2, 0.25) is 0 Å². The lowest BCUT2D eigenvalue weighted by Gasteiger charge is -2.11. The van der Waals surface area contributed by atoms with E-state index in [-0.39, 0.29) is 16.8 Å². The van der Waals surface area contributed by atoms with Gasteiger partial charge in [0, 0.05) is 24.0 Å². The Morgan fingerprint density at radius 1 is 1.03 bits per heavy atom. The summed E-state index contributed by atoms with van der Waals surface area (Å²) in [6.07, 6.45) is 2.30. The smallest absolute Gasteiger partial charge is 0.261 e. The Morgan fingerprint density at radius 3 is 2.33 bits per heavy atom. The maximum absolute atomic E-state index is 12.4. The van der Waals surface area contributed by atoms with Crippen LogP contribution in [0.15, 0.2) is 77.8 Å². The number of ether oxygens (including phenoxy) is 1. The molecule has 0 aliphatic rings. The number of rotatable bonds is 8. The lowest BCUT2D eigenvalue weighted by atomic mass is 10.2. The van der Waals surface area contributed by atoms with Crippen molar-refractivity contribution in [2.75, 3.05) is 4.72 Å². The highest BCUT2D eigenvalue weighted by atomic mass is 32.2. The zero-order valence-electron chi connectivity index (χ0n) is 16.7. The van der Waals surface area contributed by atoms with Crippen LogP contribution in [0.5, 0.6) is 11.6 Å². The Kier molecular flexibility index (Phi) is 6.68. The van der Waals surface area contributed by atoms with Gasteiger partial charge in [0.15, 0.2) is 0 Å². The molecule has 156 valence electrons. The van der Waals surface area contributed by atoms with Crippen LogP contribution in [-0.2, 0) is 10.0 Å². The number of hydrogen-bond donors (Lipinski definition) is 2. The van der Waals surface area contributed by atoms with E-state index in [2.05, 4.69) is 15.0 Å². The number of carbonyl (C=O) groups is 1. The molecule has 0 bridgehead atoms. The van der Waals surface area contributed by atoms with Gasteiger partial charge < -0.3 is 10.1 Å². The van der Waals surface area contributed by atoms with Crippen LogP contribution in [0, 0.1) is 0 Å². The number of hydrogen-bond acceptors (Lipinski definition) is 5. The normalized spacial score (nSPS) is 12.1. The maximum atomic E-state index is 12.4. The lowest BCUT2D eigenvalue weighted by Crippen LogP contribution is -2.31. The number of sulfonamides is 1. The third-order valence-corrected chi connectivity index (χ3v) is 5.77. The second-order valence-electron chi connectivity index (χ2n) is 6.71. The monoisotopic (exact) mass is 425 g/mol. The first kappa shape index (κ1) is 21.3. The minimum Gasteiger partial charge on any atom is -0.439 e. The van der Waals surface area contributed by atoms with Gasteiger partial charge in [-0.15, -0.1) is 0 Å². The molecule has 1 heterocycles. The number of nitrogens with one attached hydrogen (secondary N) is 2. The second-order valence-corrected chi connectivity index (χ2v) is 8.40. The molecule has 3 rings (SSSR count). The van der Waals surface area contributed by atoms with Crippen molar-refractivity contribution < 1.29 is 17.9 Å². The third-order valence-electron chi connectivity index (χ3n) is 4.37. The van der Waals surface area contributed by atoms with E-state index in [4.69, 9.17) is 4.74 Å². The van der Waals surface area contributed by atoms with E-state index in [0.717, 1.165) is 6.42 Å².